The first-order chi connectivity index (χ1) is 6.37. The Morgan fingerprint density at radius 3 is 1.14 bits per heavy atom. The second-order valence-corrected chi connectivity index (χ2v) is 7.00. The second kappa shape index (κ2) is 3.89. The molecule has 0 spiro atoms. The van der Waals surface area contributed by atoms with Crippen molar-refractivity contribution in [1.82, 2.24) is 0 Å². The van der Waals surface area contributed by atoms with Gasteiger partial charge in [-0.25, -0.2) is 0 Å². The first-order valence-electron chi connectivity index (χ1n) is 5.25. The Morgan fingerprint density at radius 2 is 0.857 bits per heavy atom. The lowest BCUT2D eigenvalue weighted by atomic mass is 9.95. The summed E-state index contributed by atoms with van der Waals surface area (Å²) < 4.78 is 0. The van der Waals surface area contributed by atoms with Crippen LogP contribution in [-0.2, 0) is 0 Å². The van der Waals surface area contributed by atoms with E-state index in [1.165, 1.54) is 27.8 Å². The summed E-state index contributed by atoms with van der Waals surface area (Å²) in [5.74, 6) is 0. The highest BCUT2D eigenvalue weighted by Crippen LogP contribution is 2.19. The largest absolute Gasteiger partial charge is 0.0799 e. The van der Waals surface area contributed by atoms with Gasteiger partial charge in [0.15, 0.2) is 0 Å². The standard InChI is InChI=1S/C13H21Si/c1-8-9(2)11(4)13(14(6)7)12(5)10(8)3/h1-7H3. The summed E-state index contributed by atoms with van der Waals surface area (Å²) in [6, 6.07) is 0. The van der Waals surface area contributed by atoms with Crippen molar-refractivity contribution in [1.29, 1.82) is 0 Å². The molecule has 1 radical (unpaired) electrons. The molecule has 0 aliphatic carbocycles. The van der Waals surface area contributed by atoms with E-state index in [2.05, 4.69) is 47.7 Å². The molecule has 0 aliphatic heterocycles. The fraction of sp³-hybridized carbons (Fsp3) is 0.538. The fourth-order valence-electron chi connectivity index (χ4n) is 2.25. The second-order valence-electron chi connectivity index (χ2n) is 4.50. The average molecular weight is 205 g/mol. The predicted octanol–water partition coefficient (Wildman–Crippen LogP) is 3.19. The van der Waals surface area contributed by atoms with Crippen LogP contribution in [0.1, 0.15) is 27.8 Å². The molecule has 1 aromatic carbocycles. The van der Waals surface area contributed by atoms with Crippen molar-refractivity contribution in [3.63, 3.8) is 0 Å². The van der Waals surface area contributed by atoms with Crippen LogP contribution in [0.3, 0.4) is 0 Å². The van der Waals surface area contributed by atoms with Gasteiger partial charge in [0.25, 0.3) is 0 Å². The van der Waals surface area contributed by atoms with Crippen molar-refractivity contribution < 1.29 is 0 Å². The molecule has 0 N–H and O–H groups in total. The molecule has 0 bridgehead atoms. The van der Waals surface area contributed by atoms with Crippen LogP contribution in [0.25, 0.3) is 0 Å². The van der Waals surface area contributed by atoms with E-state index in [4.69, 9.17) is 0 Å². The van der Waals surface area contributed by atoms with E-state index in [0.29, 0.717) is 0 Å². The Labute approximate surface area is 90.0 Å². The maximum atomic E-state index is 2.38. The highest BCUT2D eigenvalue weighted by molar-refractivity contribution is 6.71. The number of benzene rings is 1. The van der Waals surface area contributed by atoms with Gasteiger partial charge in [0.05, 0.1) is 8.80 Å². The summed E-state index contributed by atoms with van der Waals surface area (Å²) in [4.78, 5) is 0. The molecule has 0 aromatic heterocycles. The lowest BCUT2D eigenvalue weighted by Gasteiger charge is -2.20. The third kappa shape index (κ3) is 1.65. The van der Waals surface area contributed by atoms with Gasteiger partial charge in [-0.3, -0.25) is 0 Å². The fourth-order valence-corrected chi connectivity index (χ4v) is 4.12. The number of hydrogen-bond acceptors (Lipinski definition) is 0. The van der Waals surface area contributed by atoms with E-state index in [-0.39, 0.29) is 8.80 Å². The molecule has 0 atom stereocenters. The summed E-state index contributed by atoms with van der Waals surface area (Å²) in [5.41, 5.74) is 7.53. The Bertz CT molecular complexity index is 333. The van der Waals surface area contributed by atoms with E-state index in [1.807, 2.05) is 0 Å². The molecule has 1 heteroatoms. The van der Waals surface area contributed by atoms with Gasteiger partial charge in [-0.1, -0.05) is 18.3 Å². The molecule has 0 unspecified atom stereocenters. The first kappa shape index (κ1) is 11.5. The molecular weight excluding hydrogens is 184 g/mol. The van der Waals surface area contributed by atoms with Crippen LogP contribution in [0.2, 0.25) is 13.1 Å². The summed E-state index contributed by atoms with van der Waals surface area (Å²) in [6.07, 6.45) is 0. The summed E-state index contributed by atoms with van der Waals surface area (Å²) in [7, 11) is -0.333. The highest BCUT2D eigenvalue weighted by Gasteiger charge is 2.14. The molecule has 0 saturated heterocycles. The van der Waals surface area contributed by atoms with Crippen LogP contribution in [0.4, 0.5) is 0 Å². The van der Waals surface area contributed by atoms with Crippen LogP contribution in [0.15, 0.2) is 0 Å². The minimum absolute atomic E-state index is 0.333. The zero-order valence-electron chi connectivity index (χ0n) is 10.5. The molecule has 0 nitrogen and oxygen atoms in total. The van der Waals surface area contributed by atoms with Gasteiger partial charge in [0.1, 0.15) is 0 Å². The summed E-state index contributed by atoms with van der Waals surface area (Å²) in [6.45, 7) is 16.1. The zero-order chi connectivity index (χ0) is 11.0. The van der Waals surface area contributed by atoms with E-state index in [0.717, 1.165) is 0 Å². The molecule has 0 amide bonds. The Hall–Kier alpha value is -0.563. The van der Waals surface area contributed by atoms with Crippen LogP contribution < -0.4 is 5.19 Å². The van der Waals surface area contributed by atoms with Crippen LogP contribution in [-0.4, -0.2) is 8.80 Å². The molecule has 77 valence electrons. The minimum Gasteiger partial charge on any atom is -0.0671 e. The van der Waals surface area contributed by atoms with Gasteiger partial charge >= 0.3 is 0 Å². The monoisotopic (exact) mass is 205 g/mol. The van der Waals surface area contributed by atoms with Gasteiger partial charge in [0.2, 0.25) is 0 Å². The maximum Gasteiger partial charge on any atom is 0.0799 e. The predicted molar refractivity (Wildman–Crippen MR) is 67.2 cm³/mol. The normalized spacial score (nSPS) is 11.1. The Morgan fingerprint density at radius 1 is 0.571 bits per heavy atom. The van der Waals surface area contributed by atoms with E-state index in [1.54, 1.807) is 5.19 Å². The van der Waals surface area contributed by atoms with Crippen molar-refractivity contribution in [3.05, 3.63) is 27.8 Å². The first-order valence-corrected chi connectivity index (χ1v) is 7.75. The molecule has 0 saturated carbocycles. The minimum atomic E-state index is -0.333. The summed E-state index contributed by atoms with van der Waals surface area (Å²) >= 11 is 0. The third-order valence-electron chi connectivity index (χ3n) is 3.50. The maximum absolute atomic E-state index is 2.38. The van der Waals surface area contributed by atoms with Crippen molar-refractivity contribution in [2.45, 2.75) is 47.7 Å². The third-order valence-corrected chi connectivity index (χ3v) is 5.25. The topological polar surface area (TPSA) is 0 Å². The van der Waals surface area contributed by atoms with Crippen molar-refractivity contribution in [2.75, 3.05) is 0 Å². The molecule has 14 heavy (non-hydrogen) atoms. The lowest BCUT2D eigenvalue weighted by molar-refractivity contribution is 1.19. The van der Waals surface area contributed by atoms with E-state index >= 15 is 0 Å². The Kier molecular flexibility index (Phi) is 3.20. The zero-order valence-corrected chi connectivity index (χ0v) is 11.5. The molecule has 0 heterocycles. The smallest absolute Gasteiger partial charge is 0.0671 e. The van der Waals surface area contributed by atoms with Gasteiger partial charge in [-0.15, -0.1) is 0 Å². The van der Waals surface area contributed by atoms with Gasteiger partial charge in [-0.05, 0) is 62.4 Å². The Balaban J connectivity index is 3.60. The highest BCUT2D eigenvalue weighted by atomic mass is 28.3. The number of hydrogen-bond donors (Lipinski definition) is 0. The lowest BCUT2D eigenvalue weighted by Crippen LogP contribution is -2.30. The molecule has 0 aliphatic rings. The van der Waals surface area contributed by atoms with Gasteiger partial charge in [-0.2, -0.15) is 0 Å². The molecule has 1 rings (SSSR count). The number of rotatable bonds is 1. The van der Waals surface area contributed by atoms with Gasteiger partial charge < -0.3 is 0 Å². The quantitative estimate of drug-likeness (QED) is 0.618. The van der Waals surface area contributed by atoms with Crippen LogP contribution in [0.5, 0.6) is 0 Å². The van der Waals surface area contributed by atoms with Crippen molar-refractivity contribution >= 4 is 14.0 Å². The van der Waals surface area contributed by atoms with Crippen LogP contribution >= 0.6 is 0 Å². The molecule has 0 fully saturated rings. The van der Waals surface area contributed by atoms with E-state index in [9.17, 15) is 0 Å². The van der Waals surface area contributed by atoms with Gasteiger partial charge in [0, 0.05) is 0 Å². The van der Waals surface area contributed by atoms with E-state index < -0.39 is 0 Å². The van der Waals surface area contributed by atoms with Crippen molar-refractivity contribution in [3.8, 4) is 0 Å². The molecule has 1 aromatic rings. The van der Waals surface area contributed by atoms with Crippen LogP contribution in [0, 0.1) is 34.6 Å². The van der Waals surface area contributed by atoms with Crippen molar-refractivity contribution in [2.24, 2.45) is 0 Å². The molecular formula is C13H21Si. The summed E-state index contributed by atoms with van der Waals surface area (Å²) in [5, 5.41) is 1.65. The SMILES string of the molecule is Cc1c(C)c(C)c([Si](C)C)c(C)c1C. The average Bonchev–Trinajstić information content (AvgIpc) is 2.11.